The number of nitrogens with zero attached hydrogens (tertiary/aromatic N) is 1. The van der Waals surface area contributed by atoms with Gasteiger partial charge in [-0.1, -0.05) is 40.9 Å². The van der Waals surface area contributed by atoms with Crippen molar-refractivity contribution in [2.45, 2.75) is 0 Å². The van der Waals surface area contributed by atoms with Gasteiger partial charge in [0.1, 0.15) is 0 Å². The second kappa shape index (κ2) is 7.97. The summed E-state index contributed by atoms with van der Waals surface area (Å²) in [5.41, 5.74) is 3.10. The van der Waals surface area contributed by atoms with Gasteiger partial charge >= 0.3 is 11.8 Å². The van der Waals surface area contributed by atoms with Crippen molar-refractivity contribution in [3.05, 3.63) is 63.1 Å². The van der Waals surface area contributed by atoms with Gasteiger partial charge in [-0.3, -0.25) is 9.59 Å². The van der Waals surface area contributed by atoms with Crippen LogP contribution in [0.3, 0.4) is 0 Å². The summed E-state index contributed by atoms with van der Waals surface area (Å²) in [6.45, 7) is 0. The van der Waals surface area contributed by atoms with Gasteiger partial charge in [-0.05, 0) is 36.4 Å². The number of carbonyl (C=O) groups excluding carboxylic acids is 2. The first kappa shape index (κ1) is 17.3. The predicted molar refractivity (Wildman–Crippen MR) is 92.3 cm³/mol. The average Bonchev–Trinajstić information content (AvgIpc) is 2.51. The van der Waals surface area contributed by atoms with Crippen molar-refractivity contribution in [3.8, 4) is 0 Å². The van der Waals surface area contributed by atoms with Gasteiger partial charge in [-0.25, -0.2) is 5.43 Å². The summed E-state index contributed by atoms with van der Waals surface area (Å²) in [6.07, 6.45) is 1.31. The second-order valence-electron chi connectivity index (χ2n) is 4.33. The van der Waals surface area contributed by atoms with Crippen LogP contribution in [-0.4, -0.2) is 18.0 Å². The number of hydrazone groups is 1. The molecule has 0 unspecified atom stereocenters. The SMILES string of the molecule is O=C(N/N=C/c1ccc(Cl)cc1Cl)C(=O)Nc1ccc(Cl)cc1. The molecule has 8 heteroatoms. The maximum Gasteiger partial charge on any atom is 0.329 e. The Morgan fingerprint density at radius 2 is 1.57 bits per heavy atom. The minimum absolute atomic E-state index is 0.376. The number of hydrogen-bond donors (Lipinski definition) is 2. The van der Waals surface area contributed by atoms with Crippen molar-refractivity contribution >= 4 is 58.5 Å². The molecule has 0 aromatic heterocycles. The van der Waals surface area contributed by atoms with Gasteiger partial charge in [0.2, 0.25) is 0 Å². The Morgan fingerprint density at radius 3 is 2.22 bits per heavy atom. The zero-order chi connectivity index (χ0) is 16.8. The molecule has 2 amide bonds. The van der Waals surface area contributed by atoms with Crippen molar-refractivity contribution in [1.29, 1.82) is 0 Å². The first-order chi connectivity index (χ1) is 11.0. The summed E-state index contributed by atoms with van der Waals surface area (Å²) in [5, 5.41) is 7.47. The smallest absolute Gasteiger partial charge is 0.318 e. The minimum atomic E-state index is -0.915. The second-order valence-corrected chi connectivity index (χ2v) is 5.61. The third kappa shape index (κ3) is 5.25. The Balaban J connectivity index is 1.92. The van der Waals surface area contributed by atoms with E-state index in [0.717, 1.165) is 0 Å². The highest BCUT2D eigenvalue weighted by atomic mass is 35.5. The number of hydrogen-bond acceptors (Lipinski definition) is 3. The quantitative estimate of drug-likeness (QED) is 0.491. The largest absolute Gasteiger partial charge is 0.329 e. The third-order valence-corrected chi connectivity index (χ3v) is 3.45. The van der Waals surface area contributed by atoms with Gasteiger partial charge in [0.05, 0.1) is 11.2 Å². The lowest BCUT2D eigenvalue weighted by molar-refractivity contribution is -0.136. The molecule has 0 saturated carbocycles. The van der Waals surface area contributed by atoms with Gasteiger partial charge in [0.25, 0.3) is 0 Å². The summed E-state index contributed by atoms with van der Waals surface area (Å²) in [5.74, 6) is -1.77. The molecule has 118 valence electrons. The molecule has 2 aromatic rings. The van der Waals surface area contributed by atoms with Crippen LogP contribution in [0.15, 0.2) is 47.6 Å². The van der Waals surface area contributed by atoms with E-state index < -0.39 is 11.8 Å². The van der Waals surface area contributed by atoms with E-state index in [1.165, 1.54) is 6.21 Å². The van der Waals surface area contributed by atoms with E-state index in [1.54, 1.807) is 42.5 Å². The van der Waals surface area contributed by atoms with Gasteiger partial charge < -0.3 is 5.32 Å². The molecule has 0 heterocycles. The molecule has 0 atom stereocenters. The Morgan fingerprint density at radius 1 is 0.913 bits per heavy atom. The number of nitrogens with one attached hydrogen (secondary N) is 2. The van der Waals surface area contributed by atoms with E-state index >= 15 is 0 Å². The summed E-state index contributed by atoms with van der Waals surface area (Å²) in [7, 11) is 0. The standard InChI is InChI=1S/C15H10Cl3N3O2/c16-10-3-5-12(6-4-10)20-14(22)15(23)21-19-8-9-1-2-11(17)7-13(9)18/h1-8H,(H,20,22)(H,21,23)/b19-8+. The Labute approximate surface area is 147 Å². The van der Waals surface area contributed by atoms with E-state index in [2.05, 4.69) is 15.8 Å². The molecule has 0 fully saturated rings. The van der Waals surface area contributed by atoms with Crippen molar-refractivity contribution in [1.82, 2.24) is 5.43 Å². The fourth-order valence-corrected chi connectivity index (χ4v) is 2.12. The third-order valence-electron chi connectivity index (χ3n) is 2.64. The number of carbonyl (C=O) groups is 2. The molecule has 0 radical (unpaired) electrons. The van der Waals surface area contributed by atoms with Crippen LogP contribution >= 0.6 is 34.8 Å². The number of benzene rings is 2. The van der Waals surface area contributed by atoms with E-state index in [9.17, 15) is 9.59 Å². The first-order valence-corrected chi connectivity index (χ1v) is 7.44. The number of anilines is 1. The summed E-state index contributed by atoms with van der Waals surface area (Å²) in [4.78, 5) is 23.3. The highest BCUT2D eigenvalue weighted by molar-refractivity contribution is 6.40. The van der Waals surface area contributed by atoms with E-state index in [4.69, 9.17) is 34.8 Å². The highest BCUT2D eigenvalue weighted by Crippen LogP contribution is 2.19. The molecule has 0 aliphatic heterocycles. The van der Waals surface area contributed by atoms with Gasteiger partial charge in [0.15, 0.2) is 0 Å². The number of halogens is 3. The predicted octanol–water partition coefficient (Wildman–Crippen LogP) is 3.74. The molecule has 0 spiro atoms. The maximum atomic E-state index is 11.7. The van der Waals surface area contributed by atoms with Crippen molar-refractivity contribution < 1.29 is 9.59 Å². The molecule has 5 nitrogen and oxygen atoms in total. The van der Waals surface area contributed by atoms with Crippen molar-refractivity contribution in [2.75, 3.05) is 5.32 Å². The zero-order valence-electron chi connectivity index (χ0n) is 11.5. The Kier molecular flexibility index (Phi) is 5.98. The monoisotopic (exact) mass is 369 g/mol. The number of amides is 2. The van der Waals surface area contributed by atoms with Crippen LogP contribution in [0.1, 0.15) is 5.56 Å². The molecule has 0 aliphatic rings. The van der Waals surface area contributed by atoms with Crippen molar-refractivity contribution in [3.63, 3.8) is 0 Å². The summed E-state index contributed by atoms with van der Waals surface area (Å²) < 4.78 is 0. The van der Waals surface area contributed by atoms with E-state index in [-0.39, 0.29) is 0 Å². The molecular weight excluding hydrogens is 361 g/mol. The molecule has 0 saturated heterocycles. The van der Waals surface area contributed by atoms with Crippen LogP contribution in [0.25, 0.3) is 0 Å². The first-order valence-electron chi connectivity index (χ1n) is 6.31. The molecule has 2 aromatic carbocycles. The lowest BCUT2D eigenvalue weighted by Gasteiger charge is -2.04. The van der Waals surface area contributed by atoms with E-state index in [0.29, 0.717) is 26.3 Å². The Bertz CT molecular complexity index is 761. The lowest BCUT2D eigenvalue weighted by atomic mass is 10.2. The molecular formula is C15H10Cl3N3O2. The Hall–Kier alpha value is -2.08. The molecule has 0 bridgehead atoms. The minimum Gasteiger partial charge on any atom is -0.318 e. The number of rotatable bonds is 3. The van der Waals surface area contributed by atoms with Gasteiger partial charge in [-0.15, -0.1) is 0 Å². The normalized spacial score (nSPS) is 10.6. The van der Waals surface area contributed by atoms with Crippen LogP contribution < -0.4 is 10.7 Å². The topological polar surface area (TPSA) is 70.6 Å². The van der Waals surface area contributed by atoms with E-state index in [1.807, 2.05) is 0 Å². The zero-order valence-corrected chi connectivity index (χ0v) is 13.8. The summed E-state index contributed by atoms with van der Waals surface area (Å²) in [6, 6.07) is 11.1. The van der Waals surface area contributed by atoms with Crippen molar-refractivity contribution in [2.24, 2.45) is 5.10 Å². The molecule has 2 N–H and O–H groups in total. The summed E-state index contributed by atoms with van der Waals surface area (Å²) >= 11 is 17.4. The lowest BCUT2D eigenvalue weighted by Crippen LogP contribution is -2.32. The van der Waals surface area contributed by atoms with Crippen LogP contribution in [0.4, 0.5) is 5.69 Å². The fourth-order valence-electron chi connectivity index (χ4n) is 1.54. The van der Waals surface area contributed by atoms with Gasteiger partial charge in [-0.2, -0.15) is 5.10 Å². The highest BCUT2D eigenvalue weighted by Gasteiger charge is 2.12. The van der Waals surface area contributed by atoms with Gasteiger partial charge in [0, 0.05) is 21.3 Å². The van der Waals surface area contributed by atoms with Crippen LogP contribution in [-0.2, 0) is 9.59 Å². The molecule has 2 rings (SSSR count). The average molecular weight is 371 g/mol. The molecule has 23 heavy (non-hydrogen) atoms. The van der Waals surface area contributed by atoms with Crippen LogP contribution in [0.5, 0.6) is 0 Å². The van der Waals surface area contributed by atoms with Crippen LogP contribution in [0, 0.1) is 0 Å². The fraction of sp³-hybridized carbons (Fsp3) is 0. The maximum absolute atomic E-state index is 11.7. The molecule has 0 aliphatic carbocycles. The van der Waals surface area contributed by atoms with Crippen LogP contribution in [0.2, 0.25) is 15.1 Å².